The van der Waals surface area contributed by atoms with Crippen molar-refractivity contribution >= 4 is 5.69 Å². The molecule has 0 unspecified atom stereocenters. The Morgan fingerprint density at radius 1 is 1.11 bits per heavy atom. The van der Waals surface area contributed by atoms with Crippen molar-refractivity contribution < 1.29 is 4.52 Å². The molecule has 0 aliphatic rings. The second kappa shape index (κ2) is 4.97. The first-order valence-corrected chi connectivity index (χ1v) is 6.12. The number of nitrogen functional groups attached to an aromatic ring is 1. The third-order valence-corrected chi connectivity index (χ3v) is 2.91. The van der Waals surface area contributed by atoms with Gasteiger partial charge in [0.25, 0.3) is 0 Å². The molecule has 2 aromatic heterocycles. The van der Waals surface area contributed by atoms with Gasteiger partial charge in [-0.25, -0.2) is 0 Å². The number of hydrogen-bond donors (Lipinski definition) is 2. The summed E-state index contributed by atoms with van der Waals surface area (Å²) in [6, 6.07) is 11.6. The van der Waals surface area contributed by atoms with Gasteiger partial charge >= 0.3 is 0 Å². The van der Waals surface area contributed by atoms with Gasteiger partial charge in [0.1, 0.15) is 0 Å². The lowest BCUT2D eigenvalue weighted by Crippen LogP contribution is -1.92. The Hall–Kier alpha value is -2.56. The minimum absolute atomic E-state index is 0.595. The molecule has 19 heavy (non-hydrogen) atoms. The van der Waals surface area contributed by atoms with Gasteiger partial charge in [-0.05, 0) is 36.2 Å². The van der Waals surface area contributed by atoms with Crippen molar-refractivity contribution in [1.82, 2.24) is 15.1 Å². The smallest absolute Gasteiger partial charge is 0.227 e. The Bertz CT molecular complexity index is 640. The molecule has 3 aromatic rings. The second-order valence-electron chi connectivity index (χ2n) is 4.34. The third kappa shape index (κ3) is 2.65. The minimum atomic E-state index is 0.595. The highest BCUT2D eigenvalue weighted by Gasteiger charge is 2.08. The number of nitrogens with zero attached hydrogens (tertiary/aromatic N) is 2. The monoisotopic (exact) mass is 254 g/mol. The van der Waals surface area contributed by atoms with Crippen molar-refractivity contribution in [1.29, 1.82) is 0 Å². The van der Waals surface area contributed by atoms with Crippen LogP contribution in [-0.4, -0.2) is 15.1 Å². The Morgan fingerprint density at radius 2 is 1.95 bits per heavy atom. The number of benzene rings is 1. The van der Waals surface area contributed by atoms with Crippen LogP contribution in [0.3, 0.4) is 0 Å². The Labute approximate surface area is 110 Å². The molecular formula is C14H14N4O. The molecule has 0 spiro atoms. The van der Waals surface area contributed by atoms with Crippen LogP contribution in [0.15, 0.2) is 47.1 Å². The summed E-state index contributed by atoms with van der Waals surface area (Å²) >= 11 is 0. The van der Waals surface area contributed by atoms with E-state index in [1.54, 1.807) is 0 Å². The normalized spacial score (nSPS) is 10.7. The molecule has 0 radical (unpaired) electrons. The van der Waals surface area contributed by atoms with Crippen molar-refractivity contribution in [2.45, 2.75) is 12.8 Å². The van der Waals surface area contributed by atoms with Gasteiger partial charge in [-0.15, -0.1) is 0 Å². The van der Waals surface area contributed by atoms with Crippen molar-refractivity contribution in [2.24, 2.45) is 0 Å². The molecule has 5 heteroatoms. The molecule has 2 heterocycles. The number of hydrogen-bond acceptors (Lipinski definition) is 4. The molecule has 0 aliphatic heterocycles. The Balaban J connectivity index is 1.66. The number of aryl methyl sites for hydroxylation is 2. The molecule has 0 bridgehead atoms. The molecule has 1 aromatic carbocycles. The maximum Gasteiger partial charge on any atom is 0.227 e. The molecular weight excluding hydrogens is 240 g/mol. The van der Waals surface area contributed by atoms with Gasteiger partial charge in [-0.1, -0.05) is 17.3 Å². The molecule has 0 fully saturated rings. The SMILES string of the molecule is Nc1ccc(CCc2nc(-c3ccc[nH]3)no2)cc1. The van der Waals surface area contributed by atoms with Crippen LogP contribution in [0, 0.1) is 0 Å². The van der Waals surface area contributed by atoms with Gasteiger partial charge in [0.2, 0.25) is 11.7 Å². The van der Waals surface area contributed by atoms with Gasteiger partial charge in [-0.3, -0.25) is 0 Å². The average Bonchev–Trinajstić information content (AvgIpc) is 3.09. The van der Waals surface area contributed by atoms with E-state index in [4.69, 9.17) is 10.3 Å². The predicted molar refractivity (Wildman–Crippen MR) is 72.3 cm³/mol. The maximum absolute atomic E-state index is 5.65. The van der Waals surface area contributed by atoms with Crippen LogP contribution in [0.5, 0.6) is 0 Å². The van der Waals surface area contributed by atoms with Crippen molar-refractivity contribution in [2.75, 3.05) is 5.73 Å². The van der Waals surface area contributed by atoms with E-state index >= 15 is 0 Å². The van der Waals surface area contributed by atoms with E-state index < -0.39 is 0 Å². The van der Waals surface area contributed by atoms with Crippen molar-refractivity contribution in [3.8, 4) is 11.5 Å². The summed E-state index contributed by atoms with van der Waals surface area (Å²) in [4.78, 5) is 7.40. The maximum atomic E-state index is 5.65. The summed E-state index contributed by atoms with van der Waals surface area (Å²) in [5.41, 5.74) is 8.49. The summed E-state index contributed by atoms with van der Waals surface area (Å²) in [6.45, 7) is 0. The Kier molecular flexibility index (Phi) is 3.02. The van der Waals surface area contributed by atoms with Crippen LogP contribution in [0.25, 0.3) is 11.5 Å². The lowest BCUT2D eigenvalue weighted by atomic mass is 10.1. The number of aromatic amines is 1. The second-order valence-corrected chi connectivity index (χ2v) is 4.34. The molecule has 0 aliphatic carbocycles. The summed E-state index contributed by atoms with van der Waals surface area (Å²) in [5.74, 6) is 1.23. The number of aromatic nitrogens is 3. The Morgan fingerprint density at radius 3 is 2.68 bits per heavy atom. The van der Waals surface area contributed by atoms with Gasteiger partial charge in [0.05, 0.1) is 5.69 Å². The molecule has 0 atom stereocenters. The number of anilines is 1. The largest absolute Gasteiger partial charge is 0.399 e. The molecule has 5 nitrogen and oxygen atoms in total. The van der Waals surface area contributed by atoms with E-state index in [0.29, 0.717) is 11.7 Å². The van der Waals surface area contributed by atoms with Crippen LogP contribution < -0.4 is 5.73 Å². The molecule has 0 amide bonds. The number of nitrogens with two attached hydrogens (primary N) is 1. The van der Waals surface area contributed by atoms with Gasteiger partial charge in [0, 0.05) is 18.3 Å². The standard InChI is InChI=1S/C14H14N4O/c15-11-6-3-10(4-7-11)5-8-13-17-14(18-19-13)12-2-1-9-16-12/h1-4,6-7,9,16H,5,8,15H2. The lowest BCUT2D eigenvalue weighted by Gasteiger charge is -1.98. The summed E-state index contributed by atoms with van der Waals surface area (Å²) < 4.78 is 5.23. The van der Waals surface area contributed by atoms with Crippen LogP contribution in [0.2, 0.25) is 0 Å². The van der Waals surface area contributed by atoms with Gasteiger partial charge < -0.3 is 15.2 Å². The zero-order valence-corrected chi connectivity index (χ0v) is 10.3. The first kappa shape index (κ1) is 11.5. The zero-order chi connectivity index (χ0) is 13.1. The summed E-state index contributed by atoms with van der Waals surface area (Å²) in [6.07, 6.45) is 3.41. The molecule has 3 rings (SSSR count). The number of H-pyrrole nitrogens is 1. The fourth-order valence-corrected chi connectivity index (χ4v) is 1.87. The molecule has 0 saturated heterocycles. The number of rotatable bonds is 4. The summed E-state index contributed by atoms with van der Waals surface area (Å²) in [7, 11) is 0. The van der Waals surface area contributed by atoms with E-state index in [2.05, 4.69) is 15.1 Å². The molecule has 0 saturated carbocycles. The van der Waals surface area contributed by atoms with Crippen molar-refractivity contribution in [3.63, 3.8) is 0 Å². The van der Waals surface area contributed by atoms with E-state index in [1.807, 2.05) is 42.6 Å². The minimum Gasteiger partial charge on any atom is -0.399 e. The van der Waals surface area contributed by atoms with Gasteiger partial charge in [0.15, 0.2) is 0 Å². The first-order valence-electron chi connectivity index (χ1n) is 6.12. The van der Waals surface area contributed by atoms with Crippen LogP contribution in [0.1, 0.15) is 11.5 Å². The highest BCUT2D eigenvalue weighted by molar-refractivity contribution is 5.47. The fraction of sp³-hybridized carbons (Fsp3) is 0.143. The quantitative estimate of drug-likeness (QED) is 0.701. The molecule has 96 valence electrons. The number of nitrogens with one attached hydrogen (secondary N) is 1. The first-order chi connectivity index (χ1) is 9.31. The average molecular weight is 254 g/mol. The van der Waals surface area contributed by atoms with Gasteiger partial charge in [-0.2, -0.15) is 4.98 Å². The third-order valence-electron chi connectivity index (χ3n) is 2.91. The zero-order valence-electron chi connectivity index (χ0n) is 10.3. The van der Waals surface area contributed by atoms with E-state index in [9.17, 15) is 0 Å². The lowest BCUT2D eigenvalue weighted by molar-refractivity contribution is 0.379. The summed E-state index contributed by atoms with van der Waals surface area (Å²) in [5, 5.41) is 3.95. The van der Waals surface area contributed by atoms with Crippen LogP contribution in [0.4, 0.5) is 5.69 Å². The molecule has 3 N–H and O–H groups in total. The van der Waals surface area contributed by atoms with Crippen LogP contribution in [-0.2, 0) is 12.8 Å². The fourth-order valence-electron chi connectivity index (χ4n) is 1.87. The van der Waals surface area contributed by atoms with E-state index in [0.717, 1.165) is 24.2 Å². The van der Waals surface area contributed by atoms with E-state index in [1.165, 1.54) is 5.56 Å². The predicted octanol–water partition coefficient (Wildman–Crippen LogP) is 2.43. The van der Waals surface area contributed by atoms with Crippen molar-refractivity contribution in [3.05, 3.63) is 54.0 Å². The van der Waals surface area contributed by atoms with E-state index in [-0.39, 0.29) is 0 Å². The van der Waals surface area contributed by atoms with Crippen LogP contribution >= 0.6 is 0 Å². The highest BCUT2D eigenvalue weighted by atomic mass is 16.5. The topological polar surface area (TPSA) is 80.7 Å². The highest BCUT2D eigenvalue weighted by Crippen LogP contribution is 2.14.